The molecule has 0 bridgehead atoms. The molecule has 0 aliphatic rings. The van der Waals surface area contributed by atoms with Gasteiger partial charge in [0.2, 0.25) is 0 Å². The summed E-state index contributed by atoms with van der Waals surface area (Å²) in [5.74, 6) is 0.348. The summed E-state index contributed by atoms with van der Waals surface area (Å²) >= 11 is 0. The van der Waals surface area contributed by atoms with Crippen molar-refractivity contribution in [1.82, 2.24) is 4.40 Å². The predicted molar refractivity (Wildman–Crippen MR) is 59.6 cm³/mol. The van der Waals surface area contributed by atoms with Gasteiger partial charge >= 0.3 is 5.97 Å². The number of aryl methyl sites for hydroxylation is 1. The molecule has 4 heteroatoms. The molecule has 2 rings (SSSR count). The molecule has 2 aromatic heterocycles. The van der Waals surface area contributed by atoms with E-state index in [2.05, 4.69) is 4.74 Å². The highest BCUT2D eigenvalue weighted by molar-refractivity contribution is 5.72. The molecule has 0 amide bonds. The van der Waals surface area contributed by atoms with Crippen molar-refractivity contribution in [3.05, 3.63) is 36.2 Å². The van der Waals surface area contributed by atoms with Crippen molar-refractivity contribution in [3.63, 3.8) is 0 Å². The summed E-state index contributed by atoms with van der Waals surface area (Å²) in [7, 11) is 1.34. The van der Waals surface area contributed by atoms with Crippen molar-refractivity contribution < 1.29 is 14.3 Å². The Labute approximate surface area is 93.4 Å². The summed E-state index contributed by atoms with van der Waals surface area (Å²) in [6.07, 6.45) is 3.90. The molecule has 84 valence electrons. The number of hydrogen-bond donors (Lipinski definition) is 0. The smallest absolute Gasteiger partial charge is 0.343 e. The number of ether oxygens (including phenoxy) is 2. The maximum atomic E-state index is 11.0. The predicted octanol–water partition coefficient (Wildman–Crippen LogP) is 1.80. The molecule has 0 fully saturated rings. The van der Waals surface area contributed by atoms with E-state index in [9.17, 15) is 4.79 Å². The van der Waals surface area contributed by atoms with Gasteiger partial charge in [-0.1, -0.05) is 6.07 Å². The summed E-state index contributed by atoms with van der Waals surface area (Å²) in [4.78, 5) is 11.0. The number of carbonyl (C=O) groups is 1. The minimum atomic E-state index is -0.380. The van der Waals surface area contributed by atoms with E-state index in [-0.39, 0.29) is 12.6 Å². The summed E-state index contributed by atoms with van der Waals surface area (Å²) in [6, 6.07) is 5.82. The number of carbonyl (C=O) groups excluding carboxylic acids is 1. The van der Waals surface area contributed by atoms with Crippen LogP contribution in [0, 0.1) is 6.92 Å². The number of rotatable bonds is 3. The molecule has 0 radical (unpaired) electrons. The van der Waals surface area contributed by atoms with Crippen LogP contribution in [0.3, 0.4) is 0 Å². The molecular formula is C12H13NO3. The van der Waals surface area contributed by atoms with E-state index >= 15 is 0 Å². The SMILES string of the molecule is COC(=O)COc1c(C)cn2ccccc12. The largest absolute Gasteiger partial charge is 0.479 e. The topological polar surface area (TPSA) is 39.9 Å². The van der Waals surface area contributed by atoms with Crippen LogP contribution >= 0.6 is 0 Å². The van der Waals surface area contributed by atoms with Crippen LogP contribution in [0.1, 0.15) is 5.56 Å². The number of methoxy groups -OCH3 is 1. The van der Waals surface area contributed by atoms with E-state index in [0.717, 1.165) is 16.8 Å². The van der Waals surface area contributed by atoms with Crippen LogP contribution in [0.15, 0.2) is 30.6 Å². The Balaban J connectivity index is 2.29. The normalized spacial score (nSPS) is 10.4. The van der Waals surface area contributed by atoms with Crippen molar-refractivity contribution in [2.24, 2.45) is 0 Å². The highest BCUT2D eigenvalue weighted by Crippen LogP contribution is 2.26. The monoisotopic (exact) mass is 219 g/mol. The van der Waals surface area contributed by atoms with Crippen molar-refractivity contribution in [2.45, 2.75) is 6.92 Å². The van der Waals surface area contributed by atoms with E-state index in [4.69, 9.17) is 4.74 Å². The minimum absolute atomic E-state index is 0.0636. The van der Waals surface area contributed by atoms with Crippen LogP contribution in [-0.4, -0.2) is 24.1 Å². The lowest BCUT2D eigenvalue weighted by Crippen LogP contribution is -2.12. The summed E-state index contributed by atoms with van der Waals surface area (Å²) in [5.41, 5.74) is 1.94. The van der Waals surface area contributed by atoms with Gasteiger partial charge in [0.1, 0.15) is 5.75 Å². The van der Waals surface area contributed by atoms with Crippen LogP contribution < -0.4 is 4.74 Å². The van der Waals surface area contributed by atoms with Gasteiger partial charge in [-0.3, -0.25) is 0 Å². The Morgan fingerprint density at radius 1 is 1.44 bits per heavy atom. The average molecular weight is 219 g/mol. The number of aromatic nitrogens is 1. The second-order valence-corrected chi connectivity index (χ2v) is 3.50. The molecule has 2 heterocycles. The van der Waals surface area contributed by atoms with Crippen molar-refractivity contribution in [1.29, 1.82) is 0 Å². The molecule has 0 aliphatic heterocycles. The second kappa shape index (κ2) is 4.26. The zero-order valence-corrected chi connectivity index (χ0v) is 9.27. The number of esters is 1. The Morgan fingerprint density at radius 3 is 3.00 bits per heavy atom. The zero-order valence-electron chi connectivity index (χ0n) is 9.27. The second-order valence-electron chi connectivity index (χ2n) is 3.50. The van der Waals surface area contributed by atoms with Crippen LogP contribution in [0.2, 0.25) is 0 Å². The van der Waals surface area contributed by atoms with Gasteiger partial charge in [-0.05, 0) is 19.1 Å². The maximum absolute atomic E-state index is 11.0. The van der Waals surface area contributed by atoms with Gasteiger partial charge in [-0.15, -0.1) is 0 Å². The zero-order chi connectivity index (χ0) is 11.5. The first-order valence-electron chi connectivity index (χ1n) is 4.98. The highest BCUT2D eigenvalue weighted by atomic mass is 16.6. The van der Waals surface area contributed by atoms with Gasteiger partial charge in [0.25, 0.3) is 0 Å². The fourth-order valence-electron chi connectivity index (χ4n) is 1.61. The Bertz CT molecular complexity index is 516. The first-order valence-corrected chi connectivity index (χ1v) is 4.98. The summed E-state index contributed by atoms with van der Waals surface area (Å²) in [6.45, 7) is 1.88. The fraction of sp³-hybridized carbons (Fsp3) is 0.250. The Hall–Kier alpha value is -1.97. The maximum Gasteiger partial charge on any atom is 0.343 e. The van der Waals surface area contributed by atoms with Crippen molar-refractivity contribution >= 4 is 11.5 Å². The molecule has 4 nitrogen and oxygen atoms in total. The summed E-state index contributed by atoms with van der Waals surface area (Å²) < 4.78 is 11.9. The van der Waals surface area contributed by atoms with Gasteiger partial charge in [0.15, 0.2) is 6.61 Å². The molecule has 0 aromatic carbocycles. The van der Waals surface area contributed by atoms with Gasteiger partial charge in [0, 0.05) is 18.0 Å². The van der Waals surface area contributed by atoms with Gasteiger partial charge in [-0.25, -0.2) is 4.79 Å². The summed E-state index contributed by atoms with van der Waals surface area (Å²) in [5, 5.41) is 0. The lowest BCUT2D eigenvalue weighted by molar-refractivity contribution is -0.142. The first kappa shape index (κ1) is 10.5. The van der Waals surface area contributed by atoms with Gasteiger partial charge in [0.05, 0.1) is 12.6 Å². The van der Waals surface area contributed by atoms with E-state index in [1.165, 1.54) is 7.11 Å². The van der Waals surface area contributed by atoms with Crippen molar-refractivity contribution in [2.75, 3.05) is 13.7 Å². The molecular weight excluding hydrogens is 206 g/mol. The van der Waals surface area contributed by atoms with E-state index in [0.29, 0.717) is 0 Å². The van der Waals surface area contributed by atoms with Crippen LogP contribution in [0.25, 0.3) is 5.52 Å². The molecule has 0 aliphatic carbocycles. The van der Waals surface area contributed by atoms with Crippen LogP contribution in [0.5, 0.6) is 5.75 Å². The fourth-order valence-corrected chi connectivity index (χ4v) is 1.61. The molecule has 0 N–H and O–H groups in total. The molecule has 0 saturated carbocycles. The van der Waals surface area contributed by atoms with E-state index in [1.54, 1.807) is 0 Å². The Morgan fingerprint density at radius 2 is 2.25 bits per heavy atom. The van der Waals surface area contributed by atoms with Crippen LogP contribution in [0.4, 0.5) is 0 Å². The lowest BCUT2D eigenvalue weighted by Gasteiger charge is -2.04. The van der Waals surface area contributed by atoms with Gasteiger partial charge < -0.3 is 13.9 Å². The number of pyridine rings is 1. The van der Waals surface area contributed by atoms with Gasteiger partial charge in [-0.2, -0.15) is 0 Å². The molecule has 0 atom stereocenters. The van der Waals surface area contributed by atoms with E-state index < -0.39 is 0 Å². The Kier molecular flexibility index (Phi) is 2.81. The highest BCUT2D eigenvalue weighted by Gasteiger charge is 2.10. The molecule has 2 aromatic rings. The molecule has 0 saturated heterocycles. The third-order valence-electron chi connectivity index (χ3n) is 2.38. The molecule has 16 heavy (non-hydrogen) atoms. The standard InChI is InChI=1S/C12H13NO3/c1-9-7-13-6-4-3-5-10(13)12(9)16-8-11(14)15-2/h3-7H,8H2,1-2H3. The van der Waals surface area contributed by atoms with Crippen LogP contribution in [-0.2, 0) is 9.53 Å². The van der Waals surface area contributed by atoms with Crippen molar-refractivity contribution in [3.8, 4) is 5.75 Å². The quantitative estimate of drug-likeness (QED) is 0.739. The number of hydrogen-bond acceptors (Lipinski definition) is 3. The third-order valence-corrected chi connectivity index (χ3v) is 2.38. The molecule has 0 spiro atoms. The number of nitrogens with zero attached hydrogens (tertiary/aromatic N) is 1. The third kappa shape index (κ3) is 1.86. The van der Waals surface area contributed by atoms with E-state index in [1.807, 2.05) is 41.9 Å². The first-order chi connectivity index (χ1) is 7.72. The minimum Gasteiger partial charge on any atom is -0.479 e. The lowest BCUT2D eigenvalue weighted by atomic mass is 10.3. The average Bonchev–Trinajstić information content (AvgIpc) is 2.62. The molecule has 0 unspecified atom stereocenters. The number of fused-ring (bicyclic) bond motifs is 1.